The van der Waals surface area contributed by atoms with Crippen LogP contribution < -0.4 is 4.74 Å². The summed E-state index contributed by atoms with van der Waals surface area (Å²) in [4.78, 5) is 4.72. The topological polar surface area (TPSA) is 36.3 Å². The molecule has 1 aromatic heterocycles. The molecule has 138 valence electrons. The van der Waals surface area contributed by atoms with Gasteiger partial charge >= 0.3 is 0 Å². The summed E-state index contributed by atoms with van der Waals surface area (Å²) in [6.07, 6.45) is 0. The molecule has 0 N–H and O–H groups in total. The highest BCUT2D eigenvalue weighted by atomic mass is 79.9. The Kier molecular flexibility index (Phi) is 5.63. The van der Waals surface area contributed by atoms with Gasteiger partial charge in [-0.3, -0.25) is 0 Å². The second kappa shape index (κ2) is 7.76. The molecule has 0 spiro atoms. The Morgan fingerprint density at radius 3 is 2.46 bits per heavy atom. The zero-order chi connectivity index (χ0) is 18.8. The third-order valence-corrected chi connectivity index (χ3v) is 5.21. The van der Waals surface area contributed by atoms with Crippen molar-refractivity contribution in [2.75, 3.05) is 20.8 Å². The van der Waals surface area contributed by atoms with E-state index in [0.717, 1.165) is 16.9 Å². The lowest BCUT2D eigenvalue weighted by Crippen LogP contribution is -2.07. The molecular formula is C20H22BrFN2O2. The molecule has 4 nitrogen and oxygen atoms in total. The van der Waals surface area contributed by atoms with E-state index < -0.39 is 5.82 Å². The van der Waals surface area contributed by atoms with Crippen LogP contribution in [0.15, 0.2) is 34.8 Å². The zero-order valence-corrected chi connectivity index (χ0v) is 16.9. The summed E-state index contributed by atoms with van der Waals surface area (Å²) in [5, 5.41) is 0. The number of halogens is 2. The maximum atomic E-state index is 14.2. The molecule has 2 aromatic carbocycles. The lowest BCUT2D eigenvalue weighted by molar-refractivity contribution is 0.188. The summed E-state index contributed by atoms with van der Waals surface area (Å²) < 4.78 is 27.3. The highest BCUT2D eigenvalue weighted by molar-refractivity contribution is 9.10. The average Bonchev–Trinajstić information content (AvgIpc) is 3.02. The van der Waals surface area contributed by atoms with E-state index in [-0.39, 0.29) is 0 Å². The van der Waals surface area contributed by atoms with Crippen molar-refractivity contribution < 1.29 is 13.9 Å². The summed E-state index contributed by atoms with van der Waals surface area (Å²) in [5.74, 6) is 1.28. The molecule has 0 aliphatic rings. The first-order valence-corrected chi connectivity index (χ1v) is 9.28. The van der Waals surface area contributed by atoms with Gasteiger partial charge in [-0.05, 0) is 27.4 Å². The number of benzene rings is 2. The average molecular weight is 421 g/mol. The van der Waals surface area contributed by atoms with E-state index in [4.69, 9.17) is 14.5 Å². The number of rotatable bonds is 6. The molecule has 26 heavy (non-hydrogen) atoms. The van der Waals surface area contributed by atoms with Crippen LogP contribution in [0.1, 0.15) is 25.3 Å². The maximum Gasteiger partial charge on any atom is 0.147 e. The van der Waals surface area contributed by atoms with Crippen molar-refractivity contribution in [2.45, 2.75) is 26.3 Å². The lowest BCUT2D eigenvalue weighted by Gasteiger charge is -2.12. The number of methoxy groups -OCH3 is 2. The van der Waals surface area contributed by atoms with Crippen molar-refractivity contribution in [3.05, 3.63) is 46.2 Å². The third-order valence-electron chi connectivity index (χ3n) is 4.45. The highest BCUT2D eigenvalue weighted by Gasteiger charge is 2.21. The van der Waals surface area contributed by atoms with E-state index in [9.17, 15) is 4.39 Å². The van der Waals surface area contributed by atoms with Gasteiger partial charge in [0.2, 0.25) is 0 Å². The molecule has 0 saturated heterocycles. The molecule has 0 aliphatic heterocycles. The first kappa shape index (κ1) is 18.9. The number of fused-ring (bicyclic) bond motifs is 1. The molecular weight excluding hydrogens is 399 g/mol. The highest BCUT2D eigenvalue weighted by Crippen LogP contribution is 2.37. The van der Waals surface area contributed by atoms with Crippen LogP contribution in [0.4, 0.5) is 4.39 Å². The summed E-state index contributed by atoms with van der Waals surface area (Å²) in [5.41, 5.74) is 3.52. The zero-order valence-electron chi connectivity index (χ0n) is 15.3. The molecule has 0 unspecified atom stereocenters. The first-order valence-electron chi connectivity index (χ1n) is 8.49. The quantitative estimate of drug-likeness (QED) is 0.536. The van der Waals surface area contributed by atoms with Gasteiger partial charge < -0.3 is 14.0 Å². The minimum absolute atomic E-state index is 0.338. The SMILES string of the molecule is COCCn1c(-c2ccc(C(C)C)cc2)nc2c(Br)c(F)cc(OC)c21. The molecule has 0 fully saturated rings. The van der Waals surface area contributed by atoms with E-state index in [1.807, 2.05) is 4.57 Å². The number of nitrogens with zero attached hydrogens (tertiary/aromatic N) is 2. The van der Waals surface area contributed by atoms with Gasteiger partial charge in [-0.15, -0.1) is 0 Å². The summed E-state index contributed by atoms with van der Waals surface area (Å²) in [6.45, 7) is 5.42. The van der Waals surface area contributed by atoms with E-state index in [1.54, 1.807) is 7.11 Å². The van der Waals surface area contributed by atoms with Crippen LogP contribution in [-0.4, -0.2) is 30.4 Å². The molecule has 6 heteroatoms. The first-order chi connectivity index (χ1) is 12.5. The van der Waals surface area contributed by atoms with E-state index >= 15 is 0 Å². The fourth-order valence-corrected chi connectivity index (χ4v) is 3.40. The van der Waals surface area contributed by atoms with E-state index in [1.165, 1.54) is 18.7 Å². The van der Waals surface area contributed by atoms with Gasteiger partial charge in [-0.1, -0.05) is 38.1 Å². The fourth-order valence-electron chi connectivity index (χ4n) is 3.01. The van der Waals surface area contributed by atoms with Crippen molar-refractivity contribution >= 4 is 27.0 Å². The maximum absolute atomic E-state index is 14.2. The van der Waals surface area contributed by atoms with Crippen LogP contribution in [0.2, 0.25) is 0 Å². The van der Waals surface area contributed by atoms with E-state index in [0.29, 0.717) is 34.8 Å². The number of imidazole rings is 1. The molecule has 0 atom stereocenters. The van der Waals surface area contributed by atoms with Gasteiger partial charge in [0, 0.05) is 25.3 Å². The third kappa shape index (κ3) is 3.35. The number of ether oxygens (including phenoxy) is 2. The Balaban J connectivity index is 2.25. The summed E-state index contributed by atoms with van der Waals surface area (Å²) in [7, 11) is 3.19. The second-order valence-electron chi connectivity index (χ2n) is 6.43. The monoisotopic (exact) mass is 420 g/mol. The van der Waals surface area contributed by atoms with Gasteiger partial charge in [0.1, 0.15) is 28.4 Å². The molecule has 0 bridgehead atoms. The van der Waals surface area contributed by atoms with Crippen LogP contribution in [0.5, 0.6) is 5.75 Å². The van der Waals surface area contributed by atoms with Crippen LogP contribution in [0, 0.1) is 5.82 Å². The molecule has 1 heterocycles. The van der Waals surface area contributed by atoms with Gasteiger partial charge in [-0.25, -0.2) is 9.37 Å². The lowest BCUT2D eigenvalue weighted by atomic mass is 10.0. The van der Waals surface area contributed by atoms with E-state index in [2.05, 4.69) is 54.0 Å². The Morgan fingerprint density at radius 2 is 1.88 bits per heavy atom. The summed E-state index contributed by atoms with van der Waals surface area (Å²) >= 11 is 3.33. The van der Waals surface area contributed by atoms with Crippen molar-refractivity contribution in [2.24, 2.45) is 0 Å². The van der Waals surface area contributed by atoms with Crippen LogP contribution in [-0.2, 0) is 11.3 Å². The van der Waals surface area contributed by atoms with Crippen molar-refractivity contribution in [3.63, 3.8) is 0 Å². The summed E-state index contributed by atoms with van der Waals surface area (Å²) in [6, 6.07) is 9.69. The van der Waals surface area contributed by atoms with Crippen molar-refractivity contribution in [1.82, 2.24) is 9.55 Å². The number of aromatic nitrogens is 2. The molecule has 3 rings (SSSR count). The standard InChI is InChI=1S/C20H22BrFN2O2/c1-12(2)13-5-7-14(8-6-13)20-23-18-17(21)15(22)11-16(26-4)19(18)24(20)9-10-25-3/h5-8,11-12H,9-10H2,1-4H3. The second-order valence-corrected chi connectivity index (χ2v) is 7.22. The number of hydrogen-bond acceptors (Lipinski definition) is 3. The molecule has 0 aliphatic carbocycles. The van der Waals surface area contributed by atoms with Crippen molar-refractivity contribution in [1.29, 1.82) is 0 Å². The van der Waals surface area contributed by atoms with Gasteiger partial charge in [0.15, 0.2) is 0 Å². The fraction of sp³-hybridized carbons (Fsp3) is 0.350. The minimum atomic E-state index is -0.396. The number of hydrogen-bond donors (Lipinski definition) is 0. The molecule has 0 amide bonds. The molecule has 0 saturated carbocycles. The van der Waals surface area contributed by atoms with Crippen LogP contribution in [0.3, 0.4) is 0 Å². The Bertz CT molecular complexity index is 920. The van der Waals surface area contributed by atoms with Crippen molar-refractivity contribution in [3.8, 4) is 17.1 Å². The van der Waals surface area contributed by atoms with Gasteiger partial charge in [-0.2, -0.15) is 0 Å². The Labute approximate surface area is 161 Å². The Morgan fingerprint density at radius 1 is 1.19 bits per heavy atom. The van der Waals surface area contributed by atoms with Crippen LogP contribution in [0.25, 0.3) is 22.4 Å². The normalized spacial score (nSPS) is 11.5. The smallest absolute Gasteiger partial charge is 0.147 e. The van der Waals surface area contributed by atoms with Crippen LogP contribution >= 0.6 is 15.9 Å². The largest absolute Gasteiger partial charge is 0.494 e. The predicted molar refractivity (Wildman–Crippen MR) is 105 cm³/mol. The Hall–Kier alpha value is -1.92. The molecule has 3 aromatic rings. The minimum Gasteiger partial charge on any atom is -0.494 e. The van der Waals surface area contributed by atoms with Gasteiger partial charge in [0.05, 0.1) is 18.2 Å². The van der Waals surface area contributed by atoms with Gasteiger partial charge in [0.25, 0.3) is 0 Å². The molecule has 0 radical (unpaired) electrons. The predicted octanol–water partition coefficient (Wildman–Crippen LogP) is 5.38.